The highest BCUT2D eigenvalue weighted by atomic mass is 16.3. The molecule has 0 spiro atoms. The molecule has 0 aromatic carbocycles. The van der Waals surface area contributed by atoms with Gasteiger partial charge in [0.25, 0.3) is 0 Å². The second kappa shape index (κ2) is 4.09. The fourth-order valence-electron chi connectivity index (χ4n) is 0.922. The van der Waals surface area contributed by atoms with Crippen LogP contribution in [0.1, 0.15) is 19.5 Å². The summed E-state index contributed by atoms with van der Waals surface area (Å²) >= 11 is 0. The molecule has 13 heavy (non-hydrogen) atoms. The average molecular weight is 182 g/mol. The third-order valence-corrected chi connectivity index (χ3v) is 1.65. The van der Waals surface area contributed by atoms with Crippen molar-refractivity contribution >= 4 is 0 Å². The highest BCUT2D eigenvalue weighted by Gasteiger charge is 1.99. The van der Waals surface area contributed by atoms with E-state index in [1.807, 2.05) is 13.8 Å². The smallest absolute Gasteiger partial charge is 0.223 e. The van der Waals surface area contributed by atoms with E-state index in [1.54, 1.807) is 0 Å². The van der Waals surface area contributed by atoms with Gasteiger partial charge in [-0.1, -0.05) is 13.8 Å². The van der Waals surface area contributed by atoms with E-state index >= 15 is 0 Å². The fraction of sp³-hybridized carbons (Fsp3) is 0.444. The SMILES string of the molecule is CC(C)NCc1cc(=O)c(O)c[nH]1. The first-order chi connectivity index (χ1) is 6.09. The van der Waals surface area contributed by atoms with Gasteiger partial charge in [-0.3, -0.25) is 4.79 Å². The summed E-state index contributed by atoms with van der Waals surface area (Å²) in [7, 11) is 0. The summed E-state index contributed by atoms with van der Waals surface area (Å²) in [6.07, 6.45) is 1.31. The molecular formula is C9H14N2O2. The van der Waals surface area contributed by atoms with Crippen molar-refractivity contribution in [1.29, 1.82) is 0 Å². The monoisotopic (exact) mass is 182 g/mol. The van der Waals surface area contributed by atoms with Crippen LogP contribution >= 0.6 is 0 Å². The lowest BCUT2D eigenvalue weighted by atomic mass is 10.3. The summed E-state index contributed by atoms with van der Waals surface area (Å²) in [5.74, 6) is -0.242. The molecule has 0 saturated carbocycles. The summed E-state index contributed by atoms with van der Waals surface area (Å²) in [6.45, 7) is 4.66. The van der Waals surface area contributed by atoms with Gasteiger partial charge >= 0.3 is 0 Å². The minimum atomic E-state index is -0.348. The third kappa shape index (κ3) is 2.91. The largest absolute Gasteiger partial charge is 0.503 e. The Morgan fingerprint density at radius 3 is 2.85 bits per heavy atom. The zero-order valence-corrected chi connectivity index (χ0v) is 7.79. The Hall–Kier alpha value is -1.29. The van der Waals surface area contributed by atoms with E-state index < -0.39 is 0 Å². The Labute approximate surface area is 76.6 Å². The van der Waals surface area contributed by atoms with Crippen LogP contribution in [0.5, 0.6) is 5.75 Å². The number of hydrogen-bond acceptors (Lipinski definition) is 3. The normalized spacial score (nSPS) is 10.7. The third-order valence-electron chi connectivity index (χ3n) is 1.65. The van der Waals surface area contributed by atoms with Gasteiger partial charge in [-0.2, -0.15) is 0 Å². The fourth-order valence-corrected chi connectivity index (χ4v) is 0.922. The lowest BCUT2D eigenvalue weighted by Crippen LogP contribution is -2.23. The molecule has 0 fully saturated rings. The standard InChI is InChI=1S/C9H14N2O2/c1-6(2)10-4-7-3-8(12)9(13)5-11-7/h3,5-6,10,13H,4H2,1-2H3,(H,11,12). The molecule has 0 radical (unpaired) electrons. The molecule has 1 heterocycles. The lowest BCUT2D eigenvalue weighted by Gasteiger charge is -2.07. The van der Waals surface area contributed by atoms with Crippen LogP contribution in [0.4, 0.5) is 0 Å². The van der Waals surface area contributed by atoms with Crippen LogP contribution in [0, 0.1) is 0 Å². The maximum absolute atomic E-state index is 11.0. The molecule has 1 aromatic heterocycles. The molecular weight excluding hydrogens is 168 g/mol. The predicted molar refractivity (Wildman–Crippen MR) is 50.7 cm³/mol. The number of pyridine rings is 1. The van der Waals surface area contributed by atoms with Gasteiger partial charge in [0.05, 0.1) is 0 Å². The first kappa shape index (κ1) is 9.80. The molecule has 0 amide bonds. The van der Waals surface area contributed by atoms with E-state index in [4.69, 9.17) is 5.11 Å². The predicted octanol–water partition coefficient (Wildman–Crippen LogP) is 0.579. The molecule has 0 unspecified atom stereocenters. The van der Waals surface area contributed by atoms with E-state index in [9.17, 15) is 4.79 Å². The van der Waals surface area contributed by atoms with Crippen molar-refractivity contribution in [3.05, 3.63) is 28.2 Å². The number of nitrogens with one attached hydrogen (secondary N) is 2. The Morgan fingerprint density at radius 1 is 1.62 bits per heavy atom. The van der Waals surface area contributed by atoms with E-state index in [1.165, 1.54) is 12.3 Å². The lowest BCUT2D eigenvalue weighted by molar-refractivity contribution is 0.466. The topological polar surface area (TPSA) is 65.1 Å². The summed E-state index contributed by atoms with van der Waals surface area (Å²) in [5, 5.41) is 12.1. The highest BCUT2D eigenvalue weighted by Crippen LogP contribution is 1.98. The maximum atomic E-state index is 11.0. The molecule has 0 aliphatic rings. The molecule has 4 nitrogen and oxygen atoms in total. The van der Waals surface area contributed by atoms with E-state index in [2.05, 4.69) is 10.3 Å². The van der Waals surface area contributed by atoms with Crippen molar-refractivity contribution in [2.75, 3.05) is 0 Å². The van der Waals surface area contributed by atoms with E-state index in [0.717, 1.165) is 5.69 Å². The molecule has 3 N–H and O–H groups in total. The number of aromatic amines is 1. The Bertz CT molecular complexity index is 331. The number of rotatable bonds is 3. The van der Waals surface area contributed by atoms with Crippen LogP contribution in [0.3, 0.4) is 0 Å². The highest BCUT2D eigenvalue weighted by molar-refractivity contribution is 5.18. The summed E-state index contributed by atoms with van der Waals surface area (Å²) in [5.41, 5.74) is 0.427. The molecule has 4 heteroatoms. The van der Waals surface area contributed by atoms with Crippen LogP contribution in [0.15, 0.2) is 17.1 Å². The van der Waals surface area contributed by atoms with E-state index in [-0.39, 0.29) is 11.2 Å². The van der Waals surface area contributed by atoms with Gasteiger partial charge in [-0.25, -0.2) is 0 Å². The number of aromatic hydroxyl groups is 1. The summed E-state index contributed by atoms with van der Waals surface area (Å²) in [4.78, 5) is 13.8. The molecule has 0 atom stereocenters. The van der Waals surface area contributed by atoms with Crippen molar-refractivity contribution in [3.8, 4) is 5.75 Å². The number of aromatic nitrogens is 1. The number of hydrogen-bond donors (Lipinski definition) is 3. The molecule has 1 aromatic rings. The van der Waals surface area contributed by atoms with Crippen molar-refractivity contribution in [2.24, 2.45) is 0 Å². The molecule has 0 saturated heterocycles. The van der Waals surface area contributed by atoms with Gasteiger partial charge in [0.15, 0.2) is 5.75 Å². The molecule has 1 rings (SSSR count). The average Bonchev–Trinajstić information content (AvgIpc) is 2.07. The second-order valence-corrected chi connectivity index (χ2v) is 3.24. The number of H-pyrrole nitrogens is 1. The van der Waals surface area contributed by atoms with Crippen molar-refractivity contribution < 1.29 is 5.11 Å². The minimum Gasteiger partial charge on any atom is -0.503 e. The van der Waals surface area contributed by atoms with Gasteiger partial charge in [0.1, 0.15) is 0 Å². The second-order valence-electron chi connectivity index (χ2n) is 3.24. The maximum Gasteiger partial charge on any atom is 0.223 e. The molecule has 0 aliphatic carbocycles. The Kier molecular flexibility index (Phi) is 3.08. The van der Waals surface area contributed by atoms with Gasteiger partial charge < -0.3 is 15.4 Å². The van der Waals surface area contributed by atoms with Crippen LogP contribution < -0.4 is 10.7 Å². The van der Waals surface area contributed by atoms with Gasteiger partial charge in [-0.15, -0.1) is 0 Å². The van der Waals surface area contributed by atoms with Gasteiger partial charge in [0, 0.05) is 30.5 Å². The van der Waals surface area contributed by atoms with Crippen molar-refractivity contribution in [3.63, 3.8) is 0 Å². The van der Waals surface area contributed by atoms with Crippen LogP contribution in [0.2, 0.25) is 0 Å². The zero-order chi connectivity index (χ0) is 9.84. The minimum absolute atomic E-state index is 0.242. The summed E-state index contributed by atoms with van der Waals surface area (Å²) in [6, 6.07) is 1.77. The zero-order valence-electron chi connectivity index (χ0n) is 7.79. The van der Waals surface area contributed by atoms with Crippen molar-refractivity contribution in [1.82, 2.24) is 10.3 Å². The van der Waals surface area contributed by atoms with Crippen molar-refractivity contribution in [2.45, 2.75) is 26.4 Å². The summed E-state index contributed by atoms with van der Waals surface area (Å²) < 4.78 is 0. The van der Waals surface area contributed by atoms with Crippen LogP contribution in [-0.2, 0) is 6.54 Å². The molecule has 72 valence electrons. The molecule has 0 bridgehead atoms. The Morgan fingerprint density at radius 2 is 2.31 bits per heavy atom. The molecule has 0 aliphatic heterocycles. The first-order valence-corrected chi connectivity index (χ1v) is 4.23. The quantitative estimate of drug-likeness (QED) is 0.640. The van der Waals surface area contributed by atoms with Crippen LogP contribution in [0.25, 0.3) is 0 Å². The van der Waals surface area contributed by atoms with Gasteiger partial charge in [-0.05, 0) is 0 Å². The first-order valence-electron chi connectivity index (χ1n) is 4.23. The van der Waals surface area contributed by atoms with Gasteiger partial charge in [0.2, 0.25) is 5.43 Å². The van der Waals surface area contributed by atoms with E-state index in [0.29, 0.717) is 12.6 Å². The van der Waals surface area contributed by atoms with Crippen LogP contribution in [-0.4, -0.2) is 16.1 Å². The Balaban J connectivity index is 2.69.